The van der Waals surface area contributed by atoms with Crippen LogP contribution < -0.4 is 10.5 Å². The zero-order valence-corrected chi connectivity index (χ0v) is 10.3. The smallest absolute Gasteiger partial charge is 0.129 e. The number of aromatic nitrogens is 1. The highest BCUT2D eigenvalue weighted by atomic mass is 79.9. The Morgan fingerprint density at radius 1 is 1.47 bits per heavy atom. The van der Waals surface area contributed by atoms with Crippen LogP contribution in [-0.2, 0) is 0 Å². The third-order valence-electron chi connectivity index (χ3n) is 2.12. The van der Waals surface area contributed by atoms with Gasteiger partial charge in [0, 0.05) is 4.47 Å². The van der Waals surface area contributed by atoms with Gasteiger partial charge in [0.1, 0.15) is 5.75 Å². The molecule has 0 saturated carbocycles. The minimum Gasteiger partial charge on any atom is -0.496 e. The molecule has 0 aliphatic heterocycles. The van der Waals surface area contributed by atoms with E-state index in [4.69, 9.17) is 22.1 Å². The molecule has 0 bridgehead atoms. The van der Waals surface area contributed by atoms with Crippen LogP contribution in [-0.4, -0.2) is 12.1 Å². The number of fused-ring (bicyclic) bond motifs is 1. The van der Waals surface area contributed by atoms with Gasteiger partial charge in [0.05, 0.1) is 34.9 Å². The van der Waals surface area contributed by atoms with Crippen LogP contribution in [0.25, 0.3) is 10.9 Å². The molecule has 0 unspecified atom stereocenters. The first kappa shape index (κ1) is 10.5. The van der Waals surface area contributed by atoms with Gasteiger partial charge in [0.2, 0.25) is 0 Å². The Balaban J connectivity index is 2.95. The van der Waals surface area contributed by atoms with Crippen LogP contribution >= 0.6 is 27.5 Å². The van der Waals surface area contributed by atoms with Crippen LogP contribution in [0.1, 0.15) is 0 Å². The van der Waals surface area contributed by atoms with Gasteiger partial charge in [-0.2, -0.15) is 0 Å². The second kappa shape index (κ2) is 3.87. The minimum atomic E-state index is 0.445. The Morgan fingerprint density at radius 3 is 2.87 bits per heavy atom. The lowest BCUT2D eigenvalue weighted by Crippen LogP contribution is -1.93. The highest BCUT2D eigenvalue weighted by Gasteiger charge is 2.12. The Morgan fingerprint density at radius 2 is 2.20 bits per heavy atom. The van der Waals surface area contributed by atoms with Crippen molar-refractivity contribution in [3.63, 3.8) is 0 Å². The first-order chi connectivity index (χ1) is 7.15. The number of benzene rings is 1. The van der Waals surface area contributed by atoms with E-state index in [-0.39, 0.29) is 0 Å². The predicted octanol–water partition coefficient (Wildman–Crippen LogP) is 3.24. The highest BCUT2D eigenvalue weighted by molar-refractivity contribution is 9.10. The van der Waals surface area contributed by atoms with Crippen molar-refractivity contribution >= 4 is 44.1 Å². The number of hydrogen-bond acceptors (Lipinski definition) is 3. The molecule has 0 amide bonds. The lowest BCUT2D eigenvalue weighted by Gasteiger charge is -2.09. The van der Waals surface area contributed by atoms with Crippen molar-refractivity contribution in [2.24, 2.45) is 0 Å². The summed E-state index contributed by atoms with van der Waals surface area (Å²) in [6.45, 7) is 0. The van der Waals surface area contributed by atoms with Crippen molar-refractivity contribution in [2.45, 2.75) is 0 Å². The molecule has 5 heteroatoms. The quantitative estimate of drug-likeness (QED) is 0.876. The second-order valence-electron chi connectivity index (χ2n) is 3.00. The van der Waals surface area contributed by atoms with Crippen LogP contribution in [0, 0.1) is 0 Å². The molecule has 0 radical (unpaired) electrons. The zero-order chi connectivity index (χ0) is 11.0. The molecular weight excluding hydrogens is 279 g/mol. The van der Waals surface area contributed by atoms with E-state index in [1.54, 1.807) is 7.11 Å². The molecule has 0 aliphatic carbocycles. The lowest BCUT2D eigenvalue weighted by molar-refractivity contribution is 0.419. The monoisotopic (exact) mass is 286 g/mol. The molecule has 15 heavy (non-hydrogen) atoms. The van der Waals surface area contributed by atoms with Gasteiger partial charge >= 0.3 is 0 Å². The molecule has 0 fully saturated rings. The summed E-state index contributed by atoms with van der Waals surface area (Å²) in [5.74, 6) is 0.665. The summed E-state index contributed by atoms with van der Waals surface area (Å²) >= 11 is 9.52. The van der Waals surface area contributed by atoms with Crippen LogP contribution in [0.2, 0.25) is 5.02 Å². The van der Waals surface area contributed by atoms with Gasteiger partial charge in [0.25, 0.3) is 0 Å². The van der Waals surface area contributed by atoms with Crippen LogP contribution in [0.15, 0.2) is 22.8 Å². The second-order valence-corrected chi connectivity index (χ2v) is 4.23. The number of hydrogen-bond donors (Lipinski definition) is 1. The maximum atomic E-state index is 6.12. The summed E-state index contributed by atoms with van der Waals surface area (Å²) in [7, 11) is 1.59. The predicted molar refractivity (Wildman–Crippen MR) is 65.4 cm³/mol. The largest absolute Gasteiger partial charge is 0.496 e. The Bertz CT molecular complexity index is 530. The average molecular weight is 288 g/mol. The molecule has 2 aromatic rings. The third-order valence-corrected chi connectivity index (χ3v) is 3.16. The molecule has 1 heterocycles. The highest BCUT2D eigenvalue weighted by Crippen LogP contribution is 2.37. The first-order valence-electron chi connectivity index (χ1n) is 4.21. The summed E-state index contributed by atoms with van der Waals surface area (Å²) in [6, 6.07) is 3.68. The third kappa shape index (κ3) is 1.64. The van der Waals surface area contributed by atoms with Crippen molar-refractivity contribution in [3.05, 3.63) is 27.8 Å². The van der Waals surface area contributed by atoms with E-state index < -0.39 is 0 Å². The number of methoxy groups -OCH3 is 1. The molecule has 0 aliphatic rings. The Hall–Kier alpha value is -1.00. The van der Waals surface area contributed by atoms with Crippen molar-refractivity contribution in [1.82, 2.24) is 4.98 Å². The molecule has 0 atom stereocenters. The van der Waals surface area contributed by atoms with Gasteiger partial charge < -0.3 is 10.5 Å². The topological polar surface area (TPSA) is 48.1 Å². The van der Waals surface area contributed by atoms with Crippen molar-refractivity contribution in [2.75, 3.05) is 12.8 Å². The number of rotatable bonds is 1. The van der Waals surface area contributed by atoms with Gasteiger partial charge in [-0.05, 0) is 28.1 Å². The average Bonchev–Trinajstić information content (AvgIpc) is 2.24. The molecule has 2 N–H and O–H groups in total. The number of nitrogens with zero attached hydrogens (tertiary/aromatic N) is 1. The normalized spacial score (nSPS) is 10.6. The van der Waals surface area contributed by atoms with Gasteiger partial charge in [0.15, 0.2) is 0 Å². The van der Waals surface area contributed by atoms with E-state index in [1.165, 1.54) is 6.20 Å². The summed E-state index contributed by atoms with van der Waals surface area (Å²) in [4.78, 5) is 4.21. The molecular formula is C10H8BrClN2O. The number of anilines is 1. The van der Waals surface area contributed by atoms with E-state index in [9.17, 15) is 0 Å². The summed E-state index contributed by atoms with van der Waals surface area (Å²) in [6.07, 6.45) is 1.54. The summed E-state index contributed by atoms with van der Waals surface area (Å²) in [5, 5.41) is 1.20. The minimum absolute atomic E-state index is 0.445. The van der Waals surface area contributed by atoms with Crippen LogP contribution in [0.4, 0.5) is 5.69 Å². The molecule has 2 rings (SSSR count). The van der Waals surface area contributed by atoms with Crippen molar-refractivity contribution < 1.29 is 4.74 Å². The zero-order valence-electron chi connectivity index (χ0n) is 7.92. The number of nitrogens with two attached hydrogens (primary N) is 1. The molecule has 78 valence electrons. The van der Waals surface area contributed by atoms with Crippen LogP contribution in [0.3, 0.4) is 0 Å². The fourth-order valence-electron chi connectivity index (χ4n) is 1.39. The Labute approximate surface area is 100 Å². The lowest BCUT2D eigenvalue weighted by atomic mass is 10.2. The first-order valence-corrected chi connectivity index (χ1v) is 5.38. The van der Waals surface area contributed by atoms with E-state index in [1.807, 2.05) is 12.1 Å². The number of ether oxygens (including phenoxy) is 1. The van der Waals surface area contributed by atoms with E-state index in [0.717, 1.165) is 15.4 Å². The van der Waals surface area contributed by atoms with Gasteiger partial charge in [-0.1, -0.05) is 11.6 Å². The SMILES string of the molecule is COc1ccc(Br)c2ncc(N)c(Cl)c12. The standard InChI is InChI=1S/C10H8BrClN2O/c1-15-7-3-2-5(11)10-8(7)9(12)6(13)4-14-10/h2-4H,13H2,1H3. The van der Waals surface area contributed by atoms with Crippen molar-refractivity contribution in [1.29, 1.82) is 0 Å². The summed E-state index contributed by atoms with van der Waals surface area (Å²) < 4.78 is 6.08. The van der Waals surface area contributed by atoms with Gasteiger partial charge in [-0.15, -0.1) is 0 Å². The maximum absolute atomic E-state index is 6.12. The van der Waals surface area contributed by atoms with Crippen molar-refractivity contribution in [3.8, 4) is 5.75 Å². The number of nitrogen functional groups attached to an aromatic ring is 1. The van der Waals surface area contributed by atoms with E-state index in [2.05, 4.69) is 20.9 Å². The molecule has 1 aromatic heterocycles. The molecule has 0 spiro atoms. The molecule has 3 nitrogen and oxygen atoms in total. The fourth-order valence-corrected chi connectivity index (χ4v) is 2.05. The number of halogens is 2. The van der Waals surface area contributed by atoms with E-state index >= 15 is 0 Å². The fraction of sp³-hybridized carbons (Fsp3) is 0.100. The number of pyridine rings is 1. The van der Waals surface area contributed by atoms with Crippen LogP contribution in [0.5, 0.6) is 5.75 Å². The maximum Gasteiger partial charge on any atom is 0.129 e. The molecule has 0 saturated heterocycles. The van der Waals surface area contributed by atoms with Gasteiger partial charge in [-0.3, -0.25) is 4.98 Å². The van der Waals surface area contributed by atoms with E-state index in [0.29, 0.717) is 16.5 Å². The van der Waals surface area contributed by atoms with Gasteiger partial charge in [-0.25, -0.2) is 0 Å². The summed E-state index contributed by atoms with van der Waals surface area (Å²) in [5.41, 5.74) is 6.88. The molecule has 1 aromatic carbocycles. The Kier molecular flexibility index (Phi) is 2.71.